The van der Waals surface area contributed by atoms with Crippen molar-refractivity contribution in [3.8, 4) is 6.07 Å². The number of ether oxygens (including phenoxy) is 2. The number of rotatable bonds is 8. The molecule has 0 heterocycles. The summed E-state index contributed by atoms with van der Waals surface area (Å²) in [5.41, 5.74) is 0. The van der Waals surface area contributed by atoms with Gasteiger partial charge in [0.05, 0.1) is 6.07 Å². The van der Waals surface area contributed by atoms with Crippen molar-refractivity contribution < 1.29 is 9.47 Å². The van der Waals surface area contributed by atoms with Gasteiger partial charge in [-0.15, -0.1) is 0 Å². The lowest BCUT2D eigenvalue weighted by molar-refractivity contribution is -0.145. The Bertz CT molecular complexity index is 162. The quantitative estimate of drug-likeness (QED) is 0.553. The molecule has 0 aromatic rings. The highest BCUT2D eigenvalue weighted by molar-refractivity contribution is 4.71. The Kier molecular flexibility index (Phi) is 8.54. The van der Waals surface area contributed by atoms with Crippen molar-refractivity contribution in [3.05, 3.63) is 0 Å². The molecule has 0 aliphatic rings. The number of hydrogen-bond donors (Lipinski definition) is 0. The maximum absolute atomic E-state index is 8.42. The van der Waals surface area contributed by atoms with Crippen molar-refractivity contribution in [2.24, 2.45) is 0 Å². The summed E-state index contributed by atoms with van der Waals surface area (Å²) in [6.07, 6.45) is 0.371. The number of nitriles is 1. The van der Waals surface area contributed by atoms with Crippen molar-refractivity contribution >= 4 is 0 Å². The molecule has 0 atom stereocenters. The standard InChI is InChI=1S/C10H20N2O2/c1-4-13-10(14-5-2)9-12(3)8-6-7-11/h10H,4-6,8-9H2,1-3H3. The average Bonchev–Trinajstić information content (AvgIpc) is 2.15. The van der Waals surface area contributed by atoms with Gasteiger partial charge in [-0.05, 0) is 20.9 Å². The summed E-state index contributed by atoms with van der Waals surface area (Å²) in [5.74, 6) is 0. The summed E-state index contributed by atoms with van der Waals surface area (Å²) in [6, 6.07) is 2.11. The minimum absolute atomic E-state index is 0.173. The third-order valence-corrected chi connectivity index (χ3v) is 1.77. The molecule has 0 radical (unpaired) electrons. The molecule has 0 bridgehead atoms. The van der Waals surface area contributed by atoms with E-state index in [4.69, 9.17) is 14.7 Å². The molecule has 0 rings (SSSR count). The molecule has 0 aromatic heterocycles. The fourth-order valence-corrected chi connectivity index (χ4v) is 1.11. The Morgan fingerprint density at radius 3 is 2.29 bits per heavy atom. The second-order valence-electron chi connectivity index (χ2n) is 3.01. The van der Waals surface area contributed by atoms with Crippen LogP contribution < -0.4 is 0 Å². The summed E-state index contributed by atoms with van der Waals surface area (Å²) in [4.78, 5) is 2.04. The van der Waals surface area contributed by atoms with Gasteiger partial charge in [-0.1, -0.05) is 0 Å². The van der Waals surface area contributed by atoms with Crippen LogP contribution in [0.25, 0.3) is 0 Å². The van der Waals surface area contributed by atoms with Crippen LogP contribution in [0.2, 0.25) is 0 Å². The Labute approximate surface area is 86.4 Å². The monoisotopic (exact) mass is 200 g/mol. The predicted molar refractivity (Wildman–Crippen MR) is 54.8 cm³/mol. The first-order chi connectivity index (χ1) is 6.74. The van der Waals surface area contributed by atoms with Crippen LogP contribution in [0.5, 0.6) is 0 Å². The van der Waals surface area contributed by atoms with Gasteiger partial charge in [-0.3, -0.25) is 0 Å². The third-order valence-electron chi connectivity index (χ3n) is 1.77. The lowest BCUT2D eigenvalue weighted by Crippen LogP contribution is -2.33. The molecule has 0 unspecified atom stereocenters. The highest BCUT2D eigenvalue weighted by atomic mass is 16.7. The molecule has 0 saturated carbocycles. The smallest absolute Gasteiger partial charge is 0.170 e. The first-order valence-corrected chi connectivity index (χ1v) is 5.03. The molecule has 0 N–H and O–H groups in total. The van der Waals surface area contributed by atoms with E-state index in [1.165, 1.54) is 0 Å². The molecule has 0 aliphatic heterocycles. The molecule has 4 heteroatoms. The van der Waals surface area contributed by atoms with Gasteiger partial charge in [0.15, 0.2) is 6.29 Å². The van der Waals surface area contributed by atoms with Gasteiger partial charge in [0.2, 0.25) is 0 Å². The average molecular weight is 200 g/mol. The van der Waals surface area contributed by atoms with Crippen molar-refractivity contribution in [2.75, 3.05) is 33.4 Å². The second-order valence-corrected chi connectivity index (χ2v) is 3.01. The van der Waals surface area contributed by atoms with E-state index >= 15 is 0 Å². The molecule has 0 fully saturated rings. The first kappa shape index (κ1) is 13.4. The Morgan fingerprint density at radius 1 is 1.29 bits per heavy atom. The zero-order chi connectivity index (χ0) is 10.8. The minimum Gasteiger partial charge on any atom is -0.352 e. The first-order valence-electron chi connectivity index (χ1n) is 5.03. The van der Waals surface area contributed by atoms with E-state index in [1.807, 2.05) is 25.8 Å². The highest BCUT2D eigenvalue weighted by Crippen LogP contribution is 1.98. The zero-order valence-electron chi connectivity index (χ0n) is 9.32. The largest absolute Gasteiger partial charge is 0.352 e. The van der Waals surface area contributed by atoms with E-state index in [0.29, 0.717) is 26.2 Å². The third kappa shape index (κ3) is 6.84. The Hall–Kier alpha value is -0.630. The van der Waals surface area contributed by atoms with E-state index in [9.17, 15) is 0 Å². The van der Waals surface area contributed by atoms with Crippen LogP contribution in [0.4, 0.5) is 0 Å². The van der Waals surface area contributed by atoms with E-state index in [-0.39, 0.29) is 6.29 Å². The van der Waals surface area contributed by atoms with Crippen LogP contribution in [0, 0.1) is 11.3 Å². The predicted octanol–water partition coefficient (Wildman–Crippen LogP) is 1.23. The summed E-state index contributed by atoms with van der Waals surface area (Å²) in [7, 11) is 1.96. The summed E-state index contributed by atoms with van der Waals surface area (Å²) in [6.45, 7) is 6.66. The lowest BCUT2D eigenvalue weighted by Gasteiger charge is -2.22. The van der Waals surface area contributed by atoms with Crippen LogP contribution in [0.1, 0.15) is 20.3 Å². The summed E-state index contributed by atoms with van der Waals surface area (Å²) in [5, 5.41) is 8.42. The highest BCUT2D eigenvalue weighted by Gasteiger charge is 2.10. The van der Waals surface area contributed by atoms with Crippen molar-refractivity contribution in [1.29, 1.82) is 5.26 Å². The van der Waals surface area contributed by atoms with Crippen LogP contribution in [0.3, 0.4) is 0 Å². The van der Waals surface area contributed by atoms with Crippen LogP contribution in [-0.2, 0) is 9.47 Å². The molecule has 82 valence electrons. The van der Waals surface area contributed by atoms with Gasteiger partial charge >= 0.3 is 0 Å². The molecule has 14 heavy (non-hydrogen) atoms. The van der Waals surface area contributed by atoms with Gasteiger partial charge in [-0.2, -0.15) is 5.26 Å². The molecular weight excluding hydrogens is 180 g/mol. The fourth-order valence-electron chi connectivity index (χ4n) is 1.11. The van der Waals surface area contributed by atoms with E-state index < -0.39 is 0 Å². The van der Waals surface area contributed by atoms with Crippen LogP contribution >= 0.6 is 0 Å². The van der Waals surface area contributed by atoms with E-state index in [2.05, 4.69) is 6.07 Å². The Balaban J connectivity index is 3.71. The van der Waals surface area contributed by atoms with Gasteiger partial charge in [0.25, 0.3) is 0 Å². The number of hydrogen-bond acceptors (Lipinski definition) is 4. The van der Waals surface area contributed by atoms with Crippen molar-refractivity contribution in [3.63, 3.8) is 0 Å². The normalized spacial score (nSPS) is 10.9. The topological polar surface area (TPSA) is 45.5 Å². The molecule has 0 saturated heterocycles. The van der Waals surface area contributed by atoms with Gasteiger partial charge < -0.3 is 14.4 Å². The summed E-state index contributed by atoms with van der Waals surface area (Å²) < 4.78 is 10.8. The molecule has 4 nitrogen and oxygen atoms in total. The van der Waals surface area contributed by atoms with Crippen molar-refractivity contribution in [2.45, 2.75) is 26.6 Å². The fraction of sp³-hybridized carbons (Fsp3) is 0.900. The van der Waals surface area contributed by atoms with Gasteiger partial charge in [-0.25, -0.2) is 0 Å². The number of nitrogens with zero attached hydrogens (tertiary/aromatic N) is 2. The molecular formula is C10H20N2O2. The maximum Gasteiger partial charge on any atom is 0.170 e. The Morgan fingerprint density at radius 2 is 1.86 bits per heavy atom. The second kappa shape index (κ2) is 8.95. The van der Waals surface area contributed by atoms with E-state index in [0.717, 1.165) is 6.54 Å². The SMILES string of the molecule is CCOC(CN(C)CCC#N)OCC. The van der Waals surface area contributed by atoms with Crippen LogP contribution in [-0.4, -0.2) is 44.5 Å². The maximum atomic E-state index is 8.42. The summed E-state index contributed by atoms with van der Waals surface area (Å²) >= 11 is 0. The van der Waals surface area contributed by atoms with Gasteiger partial charge in [0.1, 0.15) is 0 Å². The lowest BCUT2D eigenvalue weighted by atomic mass is 10.4. The van der Waals surface area contributed by atoms with Crippen molar-refractivity contribution in [1.82, 2.24) is 4.90 Å². The molecule has 0 spiro atoms. The van der Waals surface area contributed by atoms with Gasteiger partial charge in [0, 0.05) is 32.7 Å². The molecule has 0 amide bonds. The van der Waals surface area contributed by atoms with Crippen LogP contribution in [0.15, 0.2) is 0 Å². The minimum atomic E-state index is -0.173. The molecule has 0 aliphatic carbocycles. The zero-order valence-corrected chi connectivity index (χ0v) is 9.32. The van der Waals surface area contributed by atoms with E-state index in [1.54, 1.807) is 0 Å². The molecule has 0 aromatic carbocycles. The number of likely N-dealkylation sites (N-methyl/N-ethyl adjacent to an activating group) is 1.